The van der Waals surface area contributed by atoms with Gasteiger partial charge in [-0.3, -0.25) is 0 Å². The minimum Gasteiger partial charge on any atom is -0.388 e. The maximum Gasteiger partial charge on any atom is 0.240 e. The number of rotatable bonds is 12. The Labute approximate surface area is 164 Å². The van der Waals surface area contributed by atoms with Crippen LogP contribution in [0.5, 0.6) is 0 Å². The molecule has 0 saturated carbocycles. The number of hydrogen-bond donors (Lipinski definition) is 2. The highest BCUT2D eigenvalue weighted by atomic mass is 35.5. The van der Waals surface area contributed by atoms with Gasteiger partial charge in [-0.1, -0.05) is 77.5 Å². The fraction of sp³-hybridized carbons (Fsp3) is 0.700. The summed E-state index contributed by atoms with van der Waals surface area (Å²) in [6, 6.07) is 5.70. The van der Waals surface area contributed by atoms with Crippen molar-refractivity contribution in [2.24, 2.45) is 5.92 Å². The highest BCUT2D eigenvalue weighted by Crippen LogP contribution is 2.32. The van der Waals surface area contributed by atoms with Crippen molar-refractivity contribution < 1.29 is 13.5 Å². The molecule has 2 N–H and O–H groups in total. The van der Waals surface area contributed by atoms with E-state index < -0.39 is 21.7 Å². The molecule has 0 saturated heterocycles. The molecular formula is C20H34ClNO3S. The van der Waals surface area contributed by atoms with Crippen LogP contribution < -0.4 is 4.72 Å². The quantitative estimate of drug-likeness (QED) is 0.507. The first-order chi connectivity index (χ1) is 12.2. The number of benzene rings is 1. The van der Waals surface area contributed by atoms with Crippen LogP contribution in [0, 0.1) is 5.92 Å². The Balaban J connectivity index is 3.21. The van der Waals surface area contributed by atoms with Crippen molar-refractivity contribution in [2.75, 3.05) is 0 Å². The first kappa shape index (κ1) is 23.4. The van der Waals surface area contributed by atoms with Gasteiger partial charge in [0.25, 0.3) is 0 Å². The molecule has 1 rings (SSSR count). The van der Waals surface area contributed by atoms with Crippen molar-refractivity contribution in [2.45, 2.75) is 89.2 Å². The van der Waals surface area contributed by atoms with Gasteiger partial charge in [-0.2, -0.15) is 0 Å². The van der Waals surface area contributed by atoms with E-state index in [2.05, 4.69) is 18.6 Å². The number of nitrogens with one attached hydrogen (secondary N) is 1. The van der Waals surface area contributed by atoms with Gasteiger partial charge < -0.3 is 5.11 Å². The van der Waals surface area contributed by atoms with Crippen molar-refractivity contribution in [1.29, 1.82) is 0 Å². The van der Waals surface area contributed by atoms with Crippen LogP contribution in [0.1, 0.15) is 72.6 Å². The van der Waals surface area contributed by atoms with Gasteiger partial charge in [-0.25, -0.2) is 13.1 Å². The van der Waals surface area contributed by atoms with E-state index >= 15 is 0 Å². The van der Waals surface area contributed by atoms with Crippen LogP contribution in [0.15, 0.2) is 29.2 Å². The monoisotopic (exact) mass is 403 g/mol. The van der Waals surface area contributed by atoms with Crippen LogP contribution in [-0.4, -0.2) is 25.2 Å². The number of hydrogen-bond acceptors (Lipinski definition) is 3. The third-order valence-electron chi connectivity index (χ3n) is 5.11. The Hall–Kier alpha value is -0.620. The normalized spacial score (nSPS) is 15.0. The molecule has 1 aromatic rings. The number of unbranched alkanes of at least 4 members (excludes halogenated alkanes) is 2. The summed E-state index contributed by atoms with van der Waals surface area (Å²) >= 11 is 5.96. The number of aliphatic hydroxyl groups is 1. The average molecular weight is 404 g/mol. The second-order valence-electron chi connectivity index (χ2n) is 7.25. The Morgan fingerprint density at radius 3 is 2.19 bits per heavy atom. The molecule has 0 bridgehead atoms. The minimum absolute atomic E-state index is 0.0164. The van der Waals surface area contributed by atoms with E-state index in [4.69, 9.17) is 11.6 Å². The Kier molecular flexibility index (Phi) is 9.59. The molecule has 0 aliphatic rings. The second-order valence-corrected chi connectivity index (χ2v) is 9.40. The Bertz CT molecular complexity index is 640. The maximum atomic E-state index is 12.9. The maximum absolute atomic E-state index is 12.9. The molecular weight excluding hydrogens is 370 g/mol. The van der Waals surface area contributed by atoms with Gasteiger partial charge in [0.1, 0.15) is 0 Å². The summed E-state index contributed by atoms with van der Waals surface area (Å²) in [6.45, 7) is 8.17. The average Bonchev–Trinajstić information content (AvgIpc) is 2.62. The molecule has 1 aromatic carbocycles. The van der Waals surface area contributed by atoms with E-state index in [1.165, 1.54) is 12.1 Å². The van der Waals surface area contributed by atoms with E-state index in [9.17, 15) is 13.5 Å². The second kappa shape index (κ2) is 10.6. The molecule has 0 aliphatic heterocycles. The van der Waals surface area contributed by atoms with E-state index in [-0.39, 0.29) is 10.8 Å². The molecule has 26 heavy (non-hydrogen) atoms. The van der Waals surface area contributed by atoms with Gasteiger partial charge in [-0.05, 0) is 37.0 Å². The van der Waals surface area contributed by atoms with Crippen LogP contribution >= 0.6 is 11.6 Å². The molecule has 0 aliphatic carbocycles. The highest BCUT2D eigenvalue weighted by Gasteiger charge is 2.40. The predicted octanol–water partition coefficient (Wildman–Crippen LogP) is 5.14. The van der Waals surface area contributed by atoms with Crippen LogP contribution in [0.2, 0.25) is 5.02 Å². The highest BCUT2D eigenvalue weighted by molar-refractivity contribution is 7.89. The molecule has 0 aromatic heterocycles. The van der Waals surface area contributed by atoms with Gasteiger partial charge in [0.2, 0.25) is 10.0 Å². The van der Waals surface area contributed by atoms with E-state index in [1.807, 2.05) is 13.8 Å². The minimum atomic E-state index is -3.76. The van der Waals surface area contributed by atoms with Crippen LogP contribution in [0.3, 0.4) is 0 Å². The summed E-state index contributed by atoms with van der Waals surface area (Å²) in [5.41, 5.74) is -1.05. The summed E-state index contributed by atoms with van der Waals surface area (Å²) in [5.74, 6) is 0.0164. The van der Waals surface area contributed by atoms with E-state index in [1.54, 1.807) is 12.1 Å². The third-order valence-corrected chi connectivity index (χ3v) is 6.78. The standard InChI is InChI=1S/C20H34ClNO3S/c1-5-8-13-20(23,14-9-6-2)19(16(4)7-3)22-26(24,25)18-12-10-11-17(21)15-18/h10-12,15-16,19,22-23H,5-9,13-14H2,1-4H3/t16-,19-/m0/s1. The van der Waals surface area contributed by atoms with Crippen molar-refractivity contribution in [1.82, 2.24) is 4.72 Å². The molecule has 4 nitrogen and oxygen atoms in total. The van der Waals surface area contributed by atoms with Crippen LogP contribution in [0.4, 0.5) is 0 Å². The zero-order valence-electron chi connectivity index (χ0n) is 16.5. The van der Waals surface area contributed by atoms with Crippen molar-refractivity contribution in [3.8, 4) is 0 Å². The van der Waals surface area contributed by atoms with E-state index in [0.717, 1.165) is 32.1 Å². The SMILES string of the molecule is CCCCC(O)(CCCC)[C@@H](NS(=O)(=O)c1cccc(Cl)c1)[C@@H](C)CC. The Morgan fingerprint density at radius 1 is 1.15 bits per heavy atom. The van der Waals surface area contributed by atoms with Crippen molar-refractivity contribution >= 4 is 21.6 Å². The summed E-state index contributed by atoms with van der Waals surface area (Å²) in [7, 11) is -3.76. The third kappa shape index (κ3) is 6.52. The largest absolute Gasteiger partial charge is 0.388 e. The smallest absolute Gasteiger partial charge is 0.240 e. The lowest BCUT2D eigenvalue weighted by molar-refractivity contribution is -0.0274. The zero-order chi connectivity index (χ0) is 19.8. The molecule has 0 heterocycles. The van der Waals surface area contributed by atoms with Gasteiger partial charge in [-0.15, -0.1) is 0 Å². The summed E-state index contributed by atoms with van der Waals surface area (Å²) in [4.78, 5) is 0.131. The van der Waals surface area contributed by atoms with Crippen molar-refractivity contribution in [3.05, 3.63) is 29.3 Å². The molecule has 0 amide bonds. The van der Waals surface area contributed by atoms with E-state index in [0.29, 0.717) is 17.9 Å². The fourth-order valence-electron chi connectivity index (χ4n) is 3.26. The first-order valence-electron chi connectivity index (χ1n) is 9.70. The fourth-order valence-corrected chi connectivity index (χ4v) is 4.98. The lowest BCUT2D eigenvalue weighted by atomic mass is 9.78. The number of halogens is 1. The molecule has 0 radical (unpaired) electrons. The molecule has 0 unspecified atom stereocenters. The van der Waals surface area contributed by atoms with Gasteiger partial charge in [0, 0.05) is 5.02 Å². The summed E-state index contributed by atoms with van der Waals surface area (Å²) in [6.07, 6.45) is 5.62. The van der Waals surface area contributed by atoms with Gasteiger partial charge >= 0.3 is 0 Å². The van der Waals surface area contributed by atoms with Gasteiger partial charge in [0.15, 0.2) is 0 Å². The van der Waals surface area contributed by atoms with Gasteiger partial charge in [0.05, 0.1) is 16.5 Å². The first-order valence-corrected chi connectivity index (χ1v) is 11.6. The summed E-state index contributed by atoms with van der Waals surface area (Å²) in [5, 5.41) is 11.8. The molecule has 0 spiro atoms. The van der Waals surface area contributed by atoms with Crippen LogP contribution in [-0.2, 0) is 10.0 Å². The lowest BCUT2D eigenvalue weighted by Crippen LogP contribution is -2.55. The zero-order valence-corrected chi connectivity index (χ0v) is 18.0. The van der Waals surface area contributed by atoms with Crippen LogP contribution in [0.25, 0.3) is 0 Å². The molecule has 0 fully saturated rings. The predicted molar refractivity (Wildman–Crippen MR) is 109 cm³/mol. The van der Waals surface area contributed by atoms with Crippen molar-refractivity contribution in [3.63, 3.8) is 0 Å². The number of sulfonamides is 1. The lowest BCUT2D eigenvalue weighted by Gasteiger charge is -2.40. The molecule has 6 heteroatoms. The topological polar surface area (TPSA) is 66.4 Å². The Morgan fingerprint density at radius 2 is 1.73 bits per heavy atom. The molecule has 150 valence electrons. The summed E-state index contributed by atoms with van der Waals surface area (Å²) < 4.78 is 28.7. The molecule has 2 atom stereocenters.